The zero-order valence-corrected chi connectivity index (χ0v) is 15.5. The predicted molar refractivity (Wildman–Crippen MR) is 102 cm³/mol. The molecule has 1 N–H and O–H groups in total. The number of hydrogen-bond donors (Lipinski definition) is 1. The number of rotatable bonds is 6. The van der Waals surface area contributed by atoms with Crippen molar-refractivity contribution in [3.63, 3.8) is 0 Å². The third-order valence-electron chi connectivity index (χ3n) is 3.73. The van der Waals surface area contributed by atoms with Crippen LogP contribution in [0.2, 0.25) is 5.02 Å². The first kappa shape index (κ1) is 18.3. The molecule has 0 unspecified atom stereocenters. The van der Waals surface area contributed by atoms with Crippen molar-refractivity contribution >= 4 is 27.7 Å². The quantitative estimate of drug-likeness (QED) is 0.700. The number of aromatic nitrogens is 3. The van der Waals surface area contributed by atoms with Crippen LogP contribution in [-0.4, -0.2) is 23.2 Å². The van der Waals surface area contributed by atoms with Gasteiger partial charge in [0.15, 0.2) is 0 Å². The maximum absolute atomic E-state index is 12.3. The summed E-state index contributed by atoms with van der Waals surface area (Å²) in [6.45, 7) is 1.79. The second-order valence-corrected chi connectivity index (χ2v) is 7.70. The molecule has 1 aromatic heterocycles. The summed E-state index contributed by atoms with van der Waals surface area (Å²) in [6.07, 6.45) is 4.58. The van der Waals surface area contributed by atoms with Crippen LogP contribution < -0.4 is 4.72 Å². The highest BCUT2D eigenvalue weighted by atomic mass is 35.5. The van der Waals surface area contributed by atoms with Gasteiger partial charge in [-0.05, 0) is 48.4 Å². The van der Waals surface area contributed by atoms with Gasteiger partial charge >= 0.3 is 0 Å². The second-order valence-electron chi connectivity index (χ2n) is 5.67. The Morgan fingerprint density at radius 3 is 2.42 bits per heavy atom. The largest absolute Gasteiger partial charge is 0.234 e. The summed E-state index contributed by atoms with van der Waals surface area (Å²) in [5.74, 6) is 0. The average molecular weight is 389 g/mol. The number of nitrogens with one attached hydrogen (secondary N) is 1. The Hall–Kier alpha value is -2.48. The van der Waals surface area contributed by atoms with Gasteiger partial charge in [-0.3, -0.25) is 0 Å². The summed E-state index contributed by atoms with van der Waals surface area (Å²) >= 11 is 5.82. The maximum Gasteiger partial charge on any atom is 0.234 e. The molecule has 2 aromatic carbocycles. The summed E-state index contributed by atoms with van der Waals surface area (Å²) in [5.41, 5.74) is 2.45. The third-order valence-corrected chi connectivity index (χ3v) is 5.16. The van der Waals surface area contributed by atoms with Crippen molar-refractivity contribution in [1.82, 2.24) is 19.5 Å². The standard InChI is InChI=1S/C18H17ClN4O2S/c1-14(16-4-8-18(9-5-16)23-13-20-12-21-23)22-26(24,25)11-10-15-2-6-17(19)7-3-15/h2-14,22H,1H3/b11-10+/t14-/m0/s1. The van der Waals surface area contributed by atoms with E-state index in [4.69, 9.17) is 11.6 Å². The molecule has 0 aliphatic heterocycles. The molecule has 0 aliphatic carbocycles. The Bertz CT molecular complexity index is 983. The lowest BCUT2D eigenvalue weighted by atomic mass is 10.1. The summed E-state index contributed by atoms with van der Waals surface area (Å²) in [7, 11) is -3.58. The van der Waals surface area contributed by atoms with Crippen LogP contribution in [0.15, 0.2) is 66.6 Å². The van der Waals surface area contributed by atoms with E-state index in [1.54, 1.807) is 42.2 Å². The first-order valence-corrected chi connectivity index (χ1v) is 9.76. The molecule has 134 valence electrons. The minimum atomic E-state index is -3.58. The molecule has 1 heterocycles. The van der Waals surface area contributed by atoms with Gasteiger partial charge in [0.25, 0.3) is 0 Å². The molecular weight excluding hydrogens is 372 g/mol. The normalized spacial score (nSPS) is 13.2. The molecule has 0 radical (unpaired) electrons. The van der Waals surface area contributed by atoms with E-state index in [9.17, 15) is 8.42 Å². The first-order valence-electron chi connectivity index (χ1n) is 7.84. The molecule has 0 saturated heterocycles. The van der Waals surface area contributed by atoms with Crippen molar-refractivity contribution < 1.29 is 8.42 Å². The summed E-state index contributed by atoms with van der Waals surface area (Å²) in [4.78, 5) is 3.90. The molecule has 3 aromatic rings. The van der Waals surface area contributed by atoms with E-state index in [0.29, 0.717) is 5.02 Å². The Labute approximate surface area is 157 Å². The molecule has 0 saturated carbocycles. The van der Waals surface area contributed by atoms with Crippen LogP contribution in [0, 0.1) is 0 Å². The highest BCUT2D eigenvalue weighted by Crippen LogP contribution is 2.17. The van der Waals surface area contributed by atoms with Crippen molar-refractivity contribution in [3.8, 4) is 5.69 Å². The predicted octanol–water partition coefficient (Wildman–Crippen LogP) is 3.57. The van der Waals surface area contributed by atoms with Crippen LogP contribution in [0.1, 0.15) is 24.1 Å². The smallest absolute Gasteiger partial charge is 0.223 e. The van der Waals surface area contributed by atoms with Crippen molar-refractivity contribution in [2.45, 2.75) is 13.0 Å². The van der Waals surface area contributed by atoms with E-state index in [1.807, 2.05) is 24.3 Å². The van der Waals surface area contributed by atoms with E-state index >= 15 is 0 Å². The fraction of sp³-hybridized carbons (Fsp3) is 0.111. The van der Waals surface area contributed by atoms with Gasteiger partial charge in [0.1, 0.15) is 12.7 Å². The Morgan fingerprint density at radius 2 is 1.81 bits per heavy atom. The fourth-order valence-corrected chi connectivity index (χ4v) is 3.52. The van der Waals surface area contributed by atoms with Crippen LogP contribution >= 0.6 is 11.6 Å². The Morgan fingerprint density at radius 1 is 1.12 bits per heavy atom. The van der Waals surface area contributed by atoms with Crippen molar-refractivity contribution in [2.24, 2.45) is 0 Å². The topological polar surface area (TPSA) is 76.9 Å². The van der Waals surface area contributed by atoms with E-state index in [1.165, 1.54) is 12.4 Å². The van der Waals surface area contributed by atoms with Crippen LogP contribution in [0.25, 0.3) is 11.8 Å². The van der Waals surface area contributed by atoms with Crippen molar-refractivity contribution in [2.75, 3.05) is 0 Å². The fourth-order valence-electron chi connectivity index (χ4n) is 2.35. The summed E-state index contributed by atoms with van der Waals surface area (Å²) in [5, 5.41) is 5.81. The zero-order valence-electron chi connectivity index (χ0n) is 13.9. The Kier molecular flexibility index (Phi) is 5.51. The lowest BCUT2D eigenvalue weighted by Crippen LogP contribution is -2.24. The van der Waals surface area contributed by atoms with E-state index in [-0.39, 0.29) is 6.04 Å². The maximum atomic E-state index is 12.3. The average Bonchev–Trinajstić information content (AvgIpc) is 3.16. The van der Waals surface area contributed by atoms with Gasteiger partial charge in [-0.1, -0.05) is 35.9 Å². The second kappa shape index (κ2) is 7.82. The molecule has 0 amide bonds. The highest BCUT2D eigenvalue weighted by molar-refractivity contribution is 7.92. The van der Waals surface area contributed by atoms with Crippen molar-refractivity contribution in [3.05, 3.63) is 82.7 Å². The third kappa shape index (κ3) is 4.78. The molecule has 1 atom stereocenters. The van der Waals surface area contributed by atoms with Crippen LogP contribution in [0.5, 0.6) is 0 Å². The number of sulfonamides is 1. The minimum absolute atomic E-state index is 0.375. The number of nitrogens with zero attached hydrogens (tertiary/aromatic N) is 3. The van der Waals surface area contributed by atoms with Crippen molar-refractivity contribution in [1.29, 1.82) is 0 Å². The van der Waals surface area contributed by atoms with Gasteiger partial charge in [-0.25, -0.2) is 22.8 Å². The molecule has 0 fully saturated rings. The van der Waals surface area contributed by atoms with E-state index in [2.05, 4.69) is 14.8 Å². The van der Waals surface area contributed by atoms with Gasteiger partial charge in [0.2, 0.25) is 10.0 Å². The monoisotopic (exact) mass is 388 g/mol. The zero-order chi connectivity index (χ0) is 18.6. The molecule has 26 heavy (non-hydrogen) atoms. The first-order chi connectivity index (χ1) is 12.4. The van der Waals surface area contributed by atoms with Gasteiger partial charge in [-0.15, -0.1) is 0 Å². The molecule has 0 aliphatic rings. The lowest BCUT2D eigenvalue weighted by molar-refractivity contribution is 0.576. The summed E-state index contributed by atoms with van der Waals surface area (Å²) in [6, 6.07) is 14.0. The van der Waals surface area contributed by atoms with Gasteiger partial charge in [0.05, 0.1) is 5.69 Å². The highest BCUT2D eigenvalue weighted by Gasteiger charge is 2.13. The van der Waals surface area contributed by atoms with Gasteiger partial charge in [0, 0.05) is 16.5 Å². The van der Waals surface area contributed by atoms with Gasteiger partial charge < -0.3 is 0 Å². The minimum Gasteiger partial charge on any atom is -0.223 e. The van der Waals surface area contributed by atoms with E-state index < -0.39 is 10.0 Å². The molecule has 8 heteroatoms. The SMILES string of the molecule is C[C@H](NS(=O)(=O)/C=C/c1ccc(Cl)cc1)c1ccc(-n2cncn2)cc1. The summed E-state index contributed by atoms with van der Waals surface area (Å²) < 4.78 is 28.8. The molecule has 3 rings (SSSR count). The van der Waals surface area contributed by atoms with Crippen LogP contribution in [0.4, 0.5) is 0 Å². The van der Waals surface area contributed by atoms with E-state index in [0.717, 1.165) is 22.2 Å². The van der Waals surface area contributed by atoms with Crippen LogP contribution in [-0.2, 0) is 10.0 Å². The van der Waals surface area contributed by atoms with Gasteiger partial charge in [-0.2, -0.15) is 5.10 Å². The lowest BCUT2D eigenvalue weighted by Gasteiger charge is -2.13. The number of hydrogen-bond acceptors (Lipinski definition) is 4. The molecule has 6 nitrogen and oxygen atoms in total. The molecular formula is C18H17ClN4O2S. The molecule has 0 spiro atoms. The van der Waals surface area contributed by atoms with Crippen LogP contribution in [0.3, 0.4) is 0 Å². The molecule has 0 bridgehead atoms. The number of halogens is 1. The Balaban J connectivity index is 1.68. The number of benzene rings is 2.